The van der Waals surface area contributed by atoms with Crippen LogP contribution in [0.2, 0.25) is 0 Å². The van der Waals surface area contributed by atoms with Gasteiger partial charge < -0.3 is 15.2 Å². The van der Waals surface area contributed by atoms with Crippen LogP contribution in [0.25, 0.3) is 0 Å². The van der Waals surface area contributed by atoms with Crippen molar-refractivity contribution in [1.29, 1.82) is 0 Å². The van der Waals surface area contributed by atoms with E-state index in [0.717, 1.165) is 42.5 Å². The van der Waals surface area contributed by atoms with Gasteiger partial charge in [-0.15, -0.1) is 11.3 Å². The first kappa shape index (κ1) is 17.9. The molecule has 1 fully saturated rings. The van der Waals surface area contributed by atoms with Gasteiger partial charge in [0.15, 0.2) is 0 Å². The van der Waals surface area contributed by atoms with Crippen molar-refractivity contribution >= 4 is 34.2 Å². The fraction of sp³-hybridized carbons (Fsp3) is 0.611. The van der Waals surface area contributed by atoms with Gasteiger partial charge in [-0.2, -0.15) is 0 Å². The van der Waals surface area contributed by atoms with Gasteiger partial charge in [-0.25, -0.2) is 4.79 Å². The lowest BCUT2D eigenvalue weighted by atomic mass is 9.79. The fourth-order valence-corrected chi connectivity index (χ4v) is 5.14. The Balaban J connectivity index is 1.83. The number of amides is 1. The van der Waals surface area contributed by atoms with Crippen LogP contribution in [0.15, 0.2) is 0 Å². The molecular formula is C18H23NO5S. The first-order chi connectivity index (χ1) is 12.0. The normalized spacial score (nSPS) is 22.3. The standard InChI is InChI=1S/C18H23NO5S/c1-2-24-18(23)14-12-8-5-9-13(12)25-16(14)19-15(20)10-6-3-4-7-11(10)17(21)22/h10-11H,2-9H2,1H3,(H,19,20)(H,21,22)/t10-,11-/m1/s1. The Hall–Kier alpha value is -1.89. The zero-order chi connectivity index (χ0) is 18.0. The predicted molar refractivity (Wildman–Crippen MR) is 94.0 cm³/mol. The SMILES string of the molecule is CCOC(=O)c1c(NC(=O)[C@@H]2CCCC[C@H]2C(=O)O)sc2c1CCC2. The zero-order valence-corrected chi connectivity index (χ0v) is 15.1. The van der Waals surface area contributed by atoms with Gasteiger partial charge in [-0.3, -0.25) is 9.59 Å². The van der Waals surface area contributed by atoms with Gasteiger partial charge >= 0.3 is 11.9 Å². The molecule has 2 N–H and O–H groups in total. The molecule has 2 aliphatic carbocycles. The number of carboxylic acid groups (broad SMARTS) is 1. The molecule has 0 aromatic carbocycles. The second-order valence-corrected chi connectivity index (χ2v) is 7.71. The molecule has 3 rings (SSSR count). The van der Waals surface area contributed by atoms with E-state index in [1.807, 2.05) is 0 Å². The van der Waals surface area contributed by atoms with Crippen LogP contribution in [-0.2, 0) is 27.2 Å². The number of nitrogens with one attached hydrogen (secondary N) is 1. The van der Waals surface area contributed by atoms with Gasteiger partial charge in [0.2, 0.25) is 5.91 Å². The van der Waals surface area contributed by atoms with Gasteiger partial charge in [0.25, 0.3) is 0 Å². The molecule has 0 unspecified atom stereocenters. The van der Waals surface area contributed by atoms with E-state index in [1.54, 1.807) is 6.92 Å². The van der Waals surface area contributed by atoms with Crippen molar-refractivity contribution in [3.05, 3.63) is 16.0 Å². The monoisotopic (exact) mass is 365 g/mol. The lowest BCUT2D eigenvalue weighted by Crippen LogP contribution is -2.36. The highest BCUT2D eigenvalue weighted by Gasteiger charge is 2.37. The minimum absolute atomic E-state index is 0.278. The number of aliphatic carboxylic acids is 1. The molecule has 0 aliphatic heterocycles. The number of hydrogen-bond acceptors (Lipinski definition) is 5. The van der Waals surface area contributed by atoms with E-state index in [4.69, 9.17) is 4.74 Å². The molecule has 1 aromatic rings. The van der Waals surface area contributed by atoms with Gasteiger partial charge in [0, 0.05) is 4.88 Å². The van der Waals surface area contributed by atoms with Crippen LogP contribution in [0.4, 0.5) is 5.00 Å². The van der Waals surface area contributed by atoms with Crippen LogP contribution in [0.3, 0.4) is 0 Å². The Bertz CT molecular complexity index is 696. The number of rotatable bonds is 5. The van der Waals surface area contributed by atoms with E-state index in [2.05, 4.69) is 5.32 Å². The number of carboxylic acids is 1. The van der Waals surface area contributed by atoms with Crippen LogP contribution in [-0.4, -0.2) is 29.6 Å². The smallest absolute Gasteiger partial charge is 0.341 e. The Kier molecular flexibility index (Phi) is 5.42. The third-order valence-electron chi connectivity index (χ3n) is 5.06. The molecule has 136 valence electrons. The molecule has 0 spiro atoms. The number of carbonyl (C=O) groups excluding carboxylic acids is 2. The molecule has 7 heteroatoms. The fourth-order valence-electron chi connectivity index (χ4n) is 3.86. The van der Waals surface area contributed by atoms with Crippen molar-refractivity contribution in [1.82, 2.24) is 0 Å². The molecule has 1 heterocycles. The number of carbonyl (C=O) groups is 3. The lowest BCUT2D eigenvalue weighted by molar-refractivity contribution is -0.147. The van der Waals surface area contributed by atoms with E-state index in [9.17, 15) is 19.5 Å². The number of fused-ring (bicyclic) bond motifs is 1. The minimum atomic E-state index is -0.917. The van der Waals surface area contributed by atoms with Crippen molar-refractivity contribution in [3.63, 3.8) is 0 Å². The average Bonchev–Trinajstić information content (AvgIpc) is 3.15. The summed E-state index contributed by atoms with van der Waals surface area (Å²) in [7, 11) is 0. The molecule has 2 atom stereocenters. The maximum absolute atomic E-state index is 12.7. The first-order valence-corrected chi connectivity index (χ1v) is 9.69. The third kappa shape index (κ3) is 3.56. The van der Waals surface area contributed by atoms with Gasteiger partial charge in [0.1, 0.15) is 5.00 Å². The third-order valence-corrected chi connectivity index (χ3v) is 6.26. The summed E-state index contributed by atoms with van der Waals surface area (Å²) in [5.41, 5.74) is 1.45. The highest BCUT2D eigenvalue weighted by molar-refractivity contribution is 7.17. The summed E-state index contributed by atoms with van der Waals surface area (Å²) < 4.78 is 5.16. The molecule has 0 saturated heterocycles. The van der Waals surface area contributed by atoms with Gasteiger partial charge in [-0.1, -0.05) is 12.8 Å². The number of aryl methyl sites for hydroxylation is 1. The summed E-state index contributed by atoms with van der Waals surface area (Å²) in [5, 5.41) is 12.7. The summed E-state index contributed by atoms with van der Waals surface area (Å²) in [5.74, 6) is -2.81. The second kappa shape index (κ2) is 7.56. The number of anilines is 1. The molecule has 6 nitrogen and oxygen atoms in total. The number of esters is 1. The minimum Gasteiger partial charge on any atom is -0.481 e. The molecule has 1 saturated carbocycles. The topological polar surface area (TPSA) is 92.7 Å². The van der Waals surface area contributed by atoms with Crippen LogP contribution in [0, 0.1) is 11.8 Å². The Labute approximate surface area is 150 Å². The van der Waals surface area contributed by atoms with Crippen LogP contribution >= 0.6 is 11.3 Å². The summed E-state index contributed by atoms with van der Waals surface area (Å²) >= 11 is 1.42. The average molecular weight is 365 g/mol. The maximum Gasteiger partial charge on any atom is 0.341 e. The van der Waals surface area contributed by atoms with Crippen molar-refractivity contribution in [2.45, 2.75) is 51.9 Å². The molecule has 1 aromatic heterocycles. The van der Waals surface area contributed by atoms with Gasteiger partial charge in [-0.05, 0) is 44.6 Å². The van der Waals surface area contributed by atoms with Crippen molar-refractivity contribution in [2.24, 2.45) is 11.8 Å². The summed E-state index contributed by atoms with van der Waals surface area (Å²) in [6.07, 6.45) is 5.52. The molecular weight excluding hydrogens is 342 g/mol. The number of thiophene rings is 1. The van der Waals surface area contributed by atoms with E-state index in [1.165, 1.54) is 11.3 Å². The Morgan fingerprint density at radius 3 is 2.56 bits per heavy atom. The second-order valence-electron chi connectivity index (χ2n) is 6.61. The summed E-state index contributed by atoms with van der Waals surface area (Å²) in [6, 6.07) is 0. The van der Waals surface area contributed by atoms with Gasteiger partial charge in [0.05, 0.1) is 24.0 Å². The number of ether oxygens (including phenoxy) is 1. The highest BCUT2D eigenvalue weighted by atomic mass is 32.1. The van der Waals surface area contributed by atoms with Crippen molar-refractivity contribution in [3.8, 4) is 0 Å². The van der Waals surface area contributed by atoms with Crippen LogP contribution in [0.5, 0.6) is 0 Å². The summed E-state index contributed by atoms with van der Waals surface area (Å²) in [4.78, 5) is 37.6. The van der Waals surface area contributed by atoms with Crippen molar-refractivity contribution in [2.75, 3.05) is 11.9 Å². The molecule has 25 heavy (non-hydrogen) atoms. The van der Waals surface area contributed by atoms with E-state index >= 15 is 0 Å². The van der Waals surface area contributed by atoms with E-state index in [-0.39, 0.29) is 12.5 Å². The Morgan fingerprint density at radius 2 is 1.88 bits per heavy atom. The molecule has 0 bridgehead atoms. The van der Waals surface area contributed by atoms with Crippen LogP contribution in [0.1, 0.15) is 59.8 Å². The molecule has 2 aliphatic rings. The first-order valence-electron chi connectivity index (χ1n) is 8.88. The quantitative estimate of drug-likeness (QED) is 0.782. The summed E-state index contributed by atoms with van der Waals surface area (Å²) in [6.45, 7) is 2.03. The van der Waals surface area contributed by atoms with E-state index < -0.39 is 23.8 Å². The molecule has 0 radical (unpaired) electrons. The predicted octanol–water partition coefficient (Wildman–Crippen LogP) is 3.24. The zero-order valence-electron chi connectivity index (χ0n) is 14.3. The maximum atomic E-state index is 12.7. The largest absolute Gasteiger partial charge is 0.481 e. The van der Waals surface area contributed by atoms with Crippen LogP contribution < -0.4 is 5.32 Å². The van der Waals surface area contributed by atoms with Crippen molar-refractivity contribution < 1.29 is 24.2 Å². The lowest BCUT2D eigenvalue weighted by Gasteiger charge is -2.27. The highest BCUT2D eigenvalue weighted by Crippen LogP contribution is 2.40. The molecule has 1 amide bonds. The number of hydrogen-bond donors (Lipinski definition) is 2. The van der Waals surface area contributed by atoms with E-state index in [0.29, 0.717) is 23.4 Å². The Morgan fingerprint density at radius 1 is 1.16 bits per heavy atom.